The normalized spacial score (nSPS) is 14.2. The molecule has 1 aromatic rings. The molecule has 0 saturated heterocycles. The monoisotopic (exact) mass is 266 g/mol. The fourth-order valence-electron chi connectivity index (χ4n) is 2.45. The van der Waals surface area contributed by atoms with Crippen LogP contribution in [0.4, 0.5) is 0 Å². The van der Waals surface area contributed by atoms with Gasteiger partial charge in [0.2, 0.25) is 0 Å². The number of methoxy groups -OCH3 is 2. The summed E-state index contributed by atoms with van der Waals surface area (Å²) < 4.78 is 10.5. The highest BCUT2D eigenvalue weighted by atomic mass is 16.5. The Kier molecular flexibility index (Phi) is 6.28. The number of benzene rings is 1. The molecule has 4 heteroatoms. The van der Waals surface area contributed by atoms with Crippen LogP contribution in [0.5, 0.6) is 5.75 Å². The molecule has 1 rings (SSSR count). The van der Waals surface area contributed by atoms with Gasteiger partial charge in [0.25, 0.3) is 0 Å². The van der Waals surface area contributed by atoms with E-state index in [9.17, 15) is 0 Å². The van der Waals surface area contributed by atoms with E-state index in [-0.39, 0.29) is 6.04 Å². The quantitative estimate of drug-likeness (QED) is 0.588. The molecule has 3 N–H and O–H groups in total. The third-order valence-electron chi connectivity index (χ3n) is 3.45. The SMILES string of the molecule is COCC(C)CC(NN)c1cc(C)c(OC)cc1C. The standard InChI is InChI=1S/C15H26N2O2/c1-10(9-18-4)6-14(17-16)13-7-12(3)15(19-5)8-11(13)2/h7-8,10,14,17H,6,9,16H2,1-5H3. The van der Waals surface area contributed by atoms with Crippen LogP contribution in [0.1, 0.15) is 36.1 Å². The van der Waals surface area contributed by atoms with Crippen molar-refractivity contribution in [1.82, 2.24) is 5.43 Å². The smallest absolute Gasteiger partial charge is 0.122 e. The third kappa shape index (κ3) is 4.20. The Morgan fingerprint density at radius 1 is 1.21 bits per heavy atom. The minimum Gasteiger partial charge on any atom is -0.496 e. The average Bonchev–Trinajstić information content (AvgIpc) is 2.38. The predicted molar refractivity (Wildman–Crippen MR) is 78.2 cm³/mol. The predicted octanol–water partition coefficient (Wildman–Crippen LogP) is 2.49. The van der Waals surface area contributed by atoms with Gasteiger partial charge in [0, 0.05) is 19.8 Å². The number of ether oxygens (including phenoxy) is 2. The molecule has 0 aromatic heterocycles. The van der Waals surface area contributed by atoms with Crippen LogP contribution >= 0.6 is 0 Å². The Balaban J connectivity index is 2.95. The highest BCUT2D eigenvalue weighted by Gasteiger charge is 2.17. The van der Waals surface area contributed by atoms with Gasteiger partial charge in [-0.25, -0.2) is 0 Å². The molecule has 2 unspecified atom stereocenters. The first-order valence-corrected chi connectivity index (χ1v) is 6.63. The number of aryl methyl sites for hydroxylation is 2. The van der Waals surface area contributed by atoms with Crippen LogP contribution in [0.25, 0.3) is 0 Å². The van der Waals surface area contributed by atoms with Gasteiger partial charge < -0.3 is 9.47 Å². The van der Waals surface area contributed by atoms with Crippen LogP contribution in [0.2, 0.25) is 0 Å². The van der Waals surface area contributed by atoms with Crippen molar-refractivity contribution in [2.75, 3.05) is 20.8 Å². The third-order valence-corrected chi connectivity index (χ3v) is 3.45. The van der Waals surface area contributed by atoms with Crippen molar-refractivity contribution in [3.63, 3.8) is 0 Å². The lowest BCUT2D eigenvalue weighted by molar-refractivity contribution is 0.149. The molecule has 19 heavy (non-hydrogen) atoms. The minimum absolute atomic E-state index is 0.134. The van der Waals surface area contributed by atoms with Gasteiger partial charge in [-0.1, -0.05) is 13.0 Å². The van der Waals surface area contributed by atoms with Crippen LogP contribution in [0.3, 0.4) is 0 Å². The zero-order valence-corrected chi connectivity index (χ0v) is 12.6. The molecule has 2 atom stereocenters. The maximum atomic E-state index is 5.72. The molecule has 108 valence electrons. The summed E-state index contributed by atoms with van der Waals surface area (Å²) in [7, 11) is 3.42. The molecule has 0 bridgehead atoms. The van der Waals surface area contributed by atoms with Crippen molar-refractivity contribution < 1.29 is 9.47 Å². The summed E-state index contributed by atoms with van der Waals surface area (Å²) in [5, 5.41) is 0. The van der Waals surface area contributed by atoms with Gasteiger partial charge in [0.15, 0.2) is 0 Å². The molecular formula is C15H26N2O2. The summed E-state index contributed by atoms with van der Waals surface area (Å²) in [5.41, 5.74) is 6.46. The van der Waals surface area contributed by atoms with E-state index in [1.807, 2.05) is 6.92 Å². The topological polar surface area (TPSA) is 56.5 Å². The first-order chi connectivity index (χ1) is 9.03. The van der Waals surface area contributed by atoms with Crippen molar-refractivity contribution in [3.05, 3.63) is 28.8 Å². The van der Waals surface area contributed by atoms with E-state index in [0.29, 0.717) is 5.92 Å². The van der Waals surface area contributed by atoms with E-state index in [0.717, 1.165) is 24.3 Å². The van der Waals surface area contributed by atoms with Gasteiger partial charge in [-0.3, -0.25) is 11.3 Å². The van der Waals surface area contributed by atoms with Crippen LogP contribution in [-0.2, 0) is 4.74 Å². The van der Waals surface area contributed by atoms with Crippen molar-refractivity contribution >= 4 is 0 Å². The largest absolute Gasteiger partial charge is 0.496 e. The Bertz CT molecular complexity index is 407. The Hall–Kier alpha value is -1.10. The highest BCUT2D eigenvalue weighted by molar-refractivity contribution is 5.42. The second-order valence-electron chi connectivity index (χ2n) is 5.19. The summed E-state index contributed by atoms with van der Waals surface area (Å²) >= 11 is 0. The number of nitrogens with two attached hydrogens (primary N) is 1. The second-order valence-corrected chi connectivity index (χ2v) is 5.19. The molecular weight excluding hydrogens is 240 g/mol. The van der Waals surface area contributed by atoms with E-state index >= 15 is 0 Å². The van der Waals surface area contributed by atoms with Gasteiger partial charge in [-0.15, -0.1) is 0 Å². The van der Waals surface area contributed by atoms with Gasteiger partial charge >= 0.3 is 0 Å². The van der Waals surface area contributed by atoms with Crippen molar-refractivity contribution in [2.24, 2.45) is 11.8 Å². The van der Waals surface area contributed by atoms with Crippen molar-refractivity contribution in [1.29, 1.82) is 0 Å². The first kappa shape index (κ1) is 16.0. The number of nitrogens with one attached hydrogen (secondary N) is 1. The van der Waals surface area contributed by atoms with E-state index in [2.05, 4.69) is 31.4 Å². The van der Waals surface area contributed by atoms with Gasteiger partial charge in [-0.05, 0) is 48.9 Å². The number of hydrogen-bond acceptors (Lipinski definition) is 4. The Labute approximate surface area is 116 Å². The fourth-order valence-corrected chi connectivity index (χ4v) is 2.45. The maximum absolute atomic E-state index is 5.72. The van der Waals surface area contributed by atoms with Crippen molar-refractivity contribution in [2.45, 2.75) is 33.2 Å². The number of hydrogen-bond donors (Lipinski definition) is 2. The van der Waals surface area contributed by atoms with E-state index in [1.165, 1.54) is 11.1 Å². The minimum atomic E-state index is 0.134. The second kappa shape index (κ2) is 7.48. The number of rotatable bonds is 7. The fraction of sp³-hybridized carbons (Fsp3) is 0.600. The number of hydrazine groups is 1. The molecule has 0 spiro atoms. The zero-order chi connectivity index (χ0) is 14.4. The van der Waals surface area contributed by atoms with Crippen LogP contribution in [-0.4, -0.2) is 20.8 Å². The molecule has 0 aliphatic heterocycles. The lowest BCUT2D eigenvalue weighted by Crippen LogP contribution is -2.30. The molecule has 0 saturated carbocycles. The summed E-state index contributed by atoms with van der Waals surface area (Å²) in [5.74, 6) is 7.09. The molecule has 1 aromatic carbocycles. The zero-order valence-electron chi connectivity index (χ0n) is 12.6. The molecule has 0 aliphatic rings. The summed E-state index contributed by atoms with van der Waals surface area (Å²) in [6.45, 7) is 7.04. The van der Waals surface area contributed by atoms with Crippen LogP contribution in [0.15, 0.2) is 12.1 Å². The molecule has 0 radical (unpaired) electrons. The molecule has 4 nitrogen and oxygen atoms in total. The summed E-state index contributed by atoms with van der Waals surface area (Å²) in [4.78, 5) is 0. The van der Waals surface area contributed by atoms with Crippen molar-refractivity contribution in [3.8, 4) is 5.75 Å². The van der Waals surface area contributed by atoms with Crippen LogP contribution in [0, 0.1) is 19.8 Å². The molecule has 0 aliphatic carbocycles. The Morgan fingerprint density at radius 3 is 2.42 bits per heavy atom. The van der Waals surface area contributed by atoms with E-state index in [4.69, 9.17) is 15.3 Å². The molecule has 0 fully saturated rings. The lowest BCUT2D eigenvalue weighted by atomic mass is 9.92. The van der Waals surface area contributed by atoms with E-state index < -0.39 is 0 Å². The average molecular weight is 266 g/mol. The Morgan fingerprint density at radius 2 is 1.89 bits per heavy atom. The lowest BCUT2D eigenvalue weighted by Gasteiger charge is -2.23. The van der Waals surface area contributed by atoms with Gasteiger partial charge in [-0.2, -0.15) is 0 Å². The maximum Gasteiger partial charge on any atom is 0.122 e. The summed E-state index contributed by atoms with van der Waals surface area (Å²) in [6, 6.07) is 4.35. The molecule has 0 heterocycles. The van der Waals surface area contributed by atoms with Crippen LogP contribution < -0.4 is 16.0 Å². The van der Waals surface area contributed by atoms with Gasteiger partial charge in [0.1, 0.15) is 5.75 Å². The molecule has 0 amide bonds. The highest BCUT2D eigenvalue weighted by Crippen LogP contribution is 2.29. The van der Waals surface area contributed by atoms with E-state index in [1.54, 1.807) is 14.2 Å². The summed E-state index contributed by atoms with van der Waals surface area (Å²) in [6.07, 6.45) is 0.941. The van der Waals surface area contributed by atoms with Gasteiger partial charge in [0.05, 0.1) is 7.11 Å². The first-order valence-electron chi connectivity index (χ1n) is 6.63.